The van der Waals surface area contributed by atoms with Gasteiger partial charge in [-0.3, -0.25) is 4.68 Å². The summed E-state index contributed by atoms with van der Waals surface area (Å²) in [5.74, 6) is 0. The van der Waals surface area contributed by atoms with Crippen LogP contribution in [-0.2, 0) is 19.4 Å². The summed E-state index contributed by atoms with van der Waals surface area (Å²) in [6.07, 6.45) is -8.88. The summed E-state index contributed by atoms with van der Waals surface area (Å²) < 4.78 is 79.2. The summed E-state index contributed by atoms with van der Waals surface area (Å²) in [7, 11) is 0.793. The van der Waals surface area contributed by atoms with Crippen molar-refractivity contribution < 1.29 is 26.3 Å². The smallest absolute Gasteiger partial charge is 0.262 e. The van der Waals surface area contributed by atoms with E-state index in [0.717, 1.165) is 18.8 Å². The van der Waals surface area contributed by atoms with Crippen LogP contribution in [0.5, 0.6) is 0 Å². The van der Waals surface area contributed by atoms with Gasteiger partial charge in [0.25, 0.3) is 0 Å². The van der Waals surface area contributed by atoms with Crippen molar-refractivity contribution in [2.75, 3.05) is 6.26 Å². The number of aryl methyl sites for hydroxylation is 1. The van der Waals surface area contributed by atoms with Crippen LogP contribution < -0.4 is 0 Å². The third-order valence-electron chi connectivity index (χ3n) is 3.10. The maximum atomic E-state index is 13.3. The molecule has 0 atom stereocenters. The lowest BCUT2D eigenvalue weighted by atomic mass is 10.0. The minimum atomic E-state index is -5.27. The second-order valence-corrected chi connectivity index (χ2v) is 6.32. The van der Waals surface area contributed by atoms with Gasteiger partial charge in [0.2, 0.25) is 0 Å². The van der Waals surface area contributed by atoms with Crippen molar-refractivity contribution in [1.82, 2.24) is 9.78 Å². The van der Waals surface area contributed by atoms with Gasteiger partial charge in [-0.1, -0.05) is 23.2 Å². The van der Waals surface area contributed by atoms with Gasteiger partial charge in [0.1, 0.15) is 11.3 Å². The molecule has 1 aromatic carbocycles. The highest BCUT2D eigenvalue weighted by atomic mass is 35.5. The van der Waals surface area contributed by atoms with Crippen molar-refractivity contribution in [3.63, 3.8) is 0 Å². The highest BCUT2D eigenvalue weighted by Crippen LogP contribution is 2.47. The Labute approximate surface area is 146 Å². The first-order valence-electron chi connectivity index (χ1n) is 6.12. The van der Waals surface area contributed by atoms with Crippen LogP contribution in [0.15, 0.2) is 17.0 Å². The van der Waals surface area contributed by atoms with Crippen molar-refractivity contribution in [2.24, 2.45) is 7.05 Å². The van der Waals surface area contributed by atoms with Gasteiger partial charge in [-0.05, 0) is 18.4 Å². The minimum Gasteiger partial charge on any atom is -0.262 e. The fourth-order valence-corrected chi connectivity index (χ4v) is 3.37. The Hall–Kier alpha value is -1.06. The van der Waals surface area contributed by atoms with E-state index in [0.29, 0.717) is 4.90 Å². The van der Waals surface area contributed by atoms with Crippen molar-refractivity contribution in [2.45, 2.75) is 17.2 Å². The molecule has 0 N–H and O–H groups in total. The van der Waals surface area contributed by atoms with Crippen LogP contribution in [-0.4, -0.2) is 16.0 Å². The van der Waals surface area contributed by atoms with E-state index in [9.17, 15) is 26.3 Å². The zero-order valence-corrected chi connectivity index (χ0v) is 14.3. The van der Waals surface area contributed by atoms with E-state index in [1.165, 1.54) is 12.1 Å². The Morgan fingerprint density at radius 3 is 2.04 bits per heavy atom. The van der Waals surface area contributed by atoms with Crippen LogP contribution in [0.3, 0.4) is 0 Å². The van der Waals surface area contributed by atoms with Crippen molar-refractivity contribution in [3.05, 3.63) is 33.4 Å². The Balaban J connectivity index is 2.87. The molecular formula is C13H8Cl2F6N2S. The first-order valence-corrected chi connectivity index (χ1v) is 8.10. The lowest BCUT2D eigenvalue weighted by molar-refractivity contribution is -0.165. The van der Waals surface area contributed by atoms with Crippen LogP contribution in [0.1, 0.15) is 11.3 Å². The Morgan fingerprint density at radius 2 is 1.58 bits per heavy atom. The van der Waals surface area contributed by atoms with E-state index in [1.807, 2.05) is 0 Å². The topological polar surface area (TPSA) is 17.8 Å². The van der Waals surface area contributed by atoms with Crippen LogP contribution in [0, 0.1) is 0 Å². The maximum absolute atomic E-state index is 13.3. The average molecular weight is 409 g/mol. The van der Waals surface area contributed by atoms with Crippen molar-refractivity contribution in [3.8, 4) is 11.3 Å². The standard InChI is InChI=1S/C13H8Cl2F6N2S/c1-23-11(13(19,20)21)9(12(16,17)18)10(22-23)5-3-8(24-2)7(15)4-6(5)14/h3-4H,1-2H3. The number of alkyl halides is 6. The summed E-state index contributed by atoms with van der Waals surface area (Å²) in [5.41, 5.74) is -4.94. The van der Waals surface area contributed by atoms with Crippen LogP contribution in [0.4, 0.5) is 26.3 Å². The molecule has 0 saturated carbocycles. The normalized spacial score (nSPS) is 12.8. The lowest BCUT2D eigenvalue weighted by Crippen LogP contribution is -2.18. The highest BCUT2D eigenvalue weighted by molar-refractivity contribution is 7.98. The lowest BCUT2D eigenvalue weighted by Gasteiger charge is -2.14. The molecule has 0 unspecified atom stereocenters. The third kappa shape index (κ3) is 3.48. The molecule has 1 aromatic heterocycles. The molecule has 0 saturated heterocycles. The number of thioether (sulfide) groups is 1. The van der Waals surface area contributed by atoms with E-state index in [1.54, 1.807) is 6.26 Å². The van der Waals surface area contributed by atoms with Gasteiger partial charge in [-0.25, -0.2) is 0 Å². The summed E-state index contributed by atoms with van der Waals surface area (Å²) in [5, 5.41) is 3.37. The predicted molar refractivity (Wildman–Crippen MR) is 80.4 cm³/mol. The van der Waals surface area contributed by atoms with Gasteiger partial charge >= 0.3 is 12.4 Å². The largest absolute Gasteiger partial charge is 0.433 e. The molecule has 11 heteroatoms. The van der Waals surface area contributed by atoms with Crippen molar-refractivity contribution >= 4 is 35.0 Å². The molecule has 0 spiro atoms. The van der Waals surface area contributed by atoms with Gasteiger partial charge in [0, 0.05) is 17.5 Å². The molecule has 2 aromatic rings. The molecule has 0 aliphatic rings. The van der Waals surface area contributed by atoms with Crippen LogP contribution in [0.25, 0.3) is 11.3 Å². The van der Waals surface area contributed by atoms with E-state index in [4.69, 9.17) is 23.2 Å². The molecule has 132 valence electrons. The first kappa shape index (κ1) is 19.3. The molecule has 0 amide bonds. The molecular weight excluding hydrogens is 401 g/mol. The highest BCUT2D eigenvalue weighted by Gasteiger charge is 2.49. The molecule has 0 aliphatic carbocycles. The number of hydrogen-bond acceptors (Lipinski definition) is 2. The fourth-order valence-electron chi connectivity index (χ4n) is 2.17. The Bertz CT molecular complexity index is 782. The molecule has 24 heavy (non-hydrogen) atoms. The van der Waals surface area contributed by atoms with Gasteiger partial charge in [0.05, 0.1) is 10.0 Å². The van der Waals surface area contributed by atoms with Gasteiger partial charge < -0.3 is 0 Å². The number of rotatable bonds is 2. The van der Waals surface area contributed by atoms with Gasteiger partial charge in [-0.15, -0.1) is 11.8 Å². The quantitative estimate of drug-likeness (QED) is 0.437. The average Bonchev–Trinajstić information content (AvgIpc) is 2.76. The maximum Gasteiger partial charge on any atom is 0.433 e. The number of halogens is 8. The van der Waals surface area contributed by atoms with Crippen LogP contribution >= 0.6 is 35.0 Å². The second kappa shape index (κ2) is 6.34. The van der Waals surface area contributed by atoms with Gasteiger partial charge in [0.15, 0.2) is 5.69 Å². The van der Waals surface area contributed by atoms with Gasteiger partial charge in [-0.2, -0.15) is 31.4 Å². The molecule has 0 aliphatic heterocycles. The Kier molecular flexibility index (Phi) is 5.09. The van der Waals surface area contributed by atoms with E-state index >= 15 is 0 Å². The zero-order valence-electron chi connectivity index (χ0n) is 12.0. The number of hydrogen-bond donors (Lipinski definition) is 0. The summed E-state index contributed by atoms with van der Waals surface area (Å²) in [6.45, 7) is 0. The number of benzene rings is 1. The van der Waals surface area contributed by atoms with Crippen LogP contribution in [0.2, 0.25) is 10.0 Å². The zero-order chi connectivity index (χ0) is 18.4. The molecule has 2 rings (SSSR count). The summed E-state index contributed by atoms with van der Waals surface area (Å²) in [6, 6.07) is 2.36. The fraction of sp³-hybridized carbons (Fsp3) is 0.308. The molecule has 0 bridgehead atoms. The third-order valence-corrected chi connectivity index (χ3v) is 4.61. The minimum absolute atomic E-state index is 0.155. The van der Waals surface area contributed by atoms with E-state index in [-0.39, 0.29) is 20.3 Å². The predicted octanol–water partition coefficient (Wildman–Crippen LogP) is 6.15. The number of aromatic nitrogens is 2. The molecule has 2 nitrogen and oxygen atoms in total. The Morgan fingerprint density at radius 1 is 1.00 bits per heavy atom. The molecule has 0 fully saturated rings. The number of nitrogens with zero attached hydrogens (tertiary/aromatic N) is 2. The summed E-state index contributed by atoms with van der Waals surface area (Å²) in [4.78, 5) is 0.364. The van der Waals surface area contributed by atoms with Crippen molar-refractivity contribution in [1.29, 1.82) is 0 Å². The molecule has 1 heterocycles. The molecule has 0 radical (unpaired) electrons. The second-order valence-electron chi connectivity index (χ2n) is 4.66. The van der Waals surface area contributed by atoms with E-state index < -0.39 is 29.3 Å². The summed E-state index contributed by atoms with van der Waals surface area (Å²) >= 11 is 12.9. The SMILES string of the molecule is CSc1cc(-c2nn(C)c(C(F)(F)F)c2C(F)(F)F)c(Cl)cc1Cl. The monoisotopic (exact) mass is 408 g/mol. The first-order chi connectivity index (χ1) is 10.9. The van der Waals surface area contributed by atoms with E-state index in [2.05, 4.69) is 5.10 Å².